The first-order valence-corrected chi connectivity index (χ1v) is 9.92. The fourth-order valence-electron chi connectivity index (χ4n) is 4.57. The molecule has 2 aliphatic rings. The van der Waals surface area contributed by atoms with Crippen LogP contribution in [-0.2, 0) is 16.6 Å². The number of piperidine rings is 1. The van der Waals surface area contributed by atoms with Gasteiger partial charge in [-0.25, -0.2) is 0 Å². The SMILES string of the molecule is Cc1ccc(Sc2ccc3c(c2)CCC2N(C)C(=O)CC[C@]32C)cc1. The quantitative estimate of drug-likeness (QED) is 0.761. The Balaban J connectivity index is 1.64. The van der Waals surface area contributed by atoms with Gasteiger partial charge in [0.15, 0.2) is 0 Å². The topological polar surface area (TPSA) is 20.3 Å². The summed E-state index contributed by atoms with van der Waals surface area (Å²) in [6.07, 6.45) is 3.78. The van der Waals surface area contributed by atoms with Crippen LogP contribution in [-0.4, -0.2) is 23.9 Å². The van der Waals surface area contributed by atoms with Gasteiger partial charge >= 0.3 is 0 Å². The Morgan fingerprint density at radius 2 is 1.80 bits per heavy atom. The molecular formula is C22H25NOS. The van der Waals surface area contributed by atoms with Crippen LogP contribution < -0.4 is 0 Å². The number of nitrogens with zero attached hydrogens (tertiary/aromatic N) is 1. The maximum Gasteiger partial charge on any atom is 0.222 e. The van der Waals surface area contributed by atoms with Crippen LogP contribution >= 0.6 is 11.8 Å². The van der Waals surface area contributed by atoms with E-state index in [0.717, 1.165) is 19.3 Å². The Morgan fingerprint density at radius 3 is 2.56 bits per heavy atom. The predicted octanol–water partition coefficient (Wildman–Crippen LogP) is 4.97. The lowest BCUT2D eigenvalue weighted by Gasteiger charge is -2.50. The Hall–Kier alpha value is -1.74. The lowest BCUT2D eigenvalue weighted by Crippen LogP contribution is -2.56. The summed E-state index contributed by atoms with van der Waals surface area (Å²) in [5.41, 5.74) is 4.32. The molecule has 0 aromatic heterocycles. The van der Waals surface area contributed by atoms with Crippen molar-refractivity contribution in [3.05, 3.63) is 59.2 Å². The molecule has 2 atom stereocenters. The van der Waals surface area contributed by atoms with E-state index < -0.39 is 0 Å². The molecule has 0 N–H and O–H groups in total. The van der Waals surface area contributed by atoms with Crippen molar-refractivity contribution in [2.75, 3.05) is 7.05 Å². The van der Waals surface area contributed by atoms with Crippen LogP contribution in [0, 0.1) is 6.92 Å². The molecule has 25 heavy (non-hydrogen) atoms. The van der Waals surface area contributed by atoms with Crippen molar-refractivity contribution >= 4 is 17.7 Å². The number of fused-ring (bicyclic) bond motifs is 3. The highest BCUT2D eigenvalue weighted by Crippen LogP contribution is 2.46. The molecule has 2 aromatic rings. The van der Waals surface area contributed by atoms with Crippen LogP contribution in [0.1, 0.15) is 42.9 Å². The molecule has 4 rings (SSSR count). The molecule has 1 unspecified atom stereocenters. The van der Waals surface area contributed by atoms with Crippen molar-refractivity contribution in [1.29, 1.82) is 0 Å². The standard InChI is InChI=1S/C22H25NOS/c1-15-4-7-17(8-5-15)25-18-9-10-19-16(14-18)6-11-20-22(19,2)13-12-21(24)23(20)3/h4-5,7-10,14,20H,6,11-13H2,1-3H3/t20?,22-/m1/s1. The highest BCUT2D eigenvalue weighted by atomic mass is 32.2. The molecule has 130 valence electrons. The minimum atomic E-state index is 0.100. The molecule has 1 heterocycles. The van der Waals surface area contributed by atoms with Gasteiger partial charge in [0, 0.05) is 34.7 Å². The van der Waals surface area contributed by atoms with E-state index in [9.17, 15) is 4.79 Å². The van der Waals surface area contributed by atoms with Crippen LogP contribution in [0.15, 0.2) is 52.3 Å². The molecule has 2 nitrogen and oxygen atoms in total. The number of hydrogen-bond acceptors (Lipinski definition) is 2. The van der Waals surface area contributed by atoms with Crippen molar-refractivity contribution < 1.29 is 4.79 Å². The third kappa shape index (κ3) is 2.89. The molecule has 0 saturated carbocycles. The second-order valence-electron chi connectivity index (χ2n) is 7.71. The lowest BCUT2D eigenvalue weighted by atomic mass is 9.63. The number of benzene rings is 2. The highest BCUT2D eigenvalue weighted by molar-refractivity contribution is 7.99. The summed E-state index contributed by atoms with van der Waals surface area (Å²) in [7, 11) is 1.98. The zero-order chi connectivity index (χ0) is 17.6. The maximum absolute atomic E-state index is 12.1. The normalized spacial score (nSPS) is 25.5. The number of rotatable bonds is 2. The van der Waals surface area contributed by atoms with Crippen molar-refractivity contribution in [3.8, 4) is 0 Å². The second-order valence-corrected chi connectivity index (χ2v) is 8.86. The molecule has 1 fully saturated rings. The number of carbonyl (C=O) groups excluding carboxylic acids is 1. The first-order chi connectivity index (χ1) is 12.0. The molecule has 1 aliphatic heterocycles. The third-order valence-corrected chi connectivity index (χ3v) is 7.09. The van der Waals surface area contributed by atoms with E-state index in [2.05, 4.69) is 56.3 Å². The molecular weight excluding hydrogens is 326 g/mol. The maximum atomic E-state index is 12.1. The van der Waals surface area contributed by atoms with E-state index >= 15 is 0 Å². The molecule has 1 aliphatic carbocycles. The van der Waals surface area contributed by atoms with E-state index in [1.54, 1.807) is 0 Å². The molecule has 0 spiro atoms. The van der Waals surface area contributed by atoms with E-state index in [0.29, 0.717) is 18.4 Å². The fraction of sp³-hybridized carbons (Fsp3) is 0.409. The fourth-order valence-corrected chi connectivity index (χ4v) is 5.45. The van der Waals surface area contributed by atoms with Gasteiger partial charge in [0.1, 0.15) is 0 Å². The summed E-state index contributed by atoms with van der Waals surface area (Å²) >= 11 is 1.83. The minimum Gasteiger partial charge on any atom is -0.342 e. The average Bonchev–Trinajstić information content (AvgIpc) is 2.60. The van der Waals surface area contributed by atoms with Crippen LogP contribution in [0.4, 0.5) is 0 Å². The van der Waals surface area contributed by atoms with E-state index in [4.69, 9.17) is 0 Å². The average molecular weight is 352 g/mol. The van der Waals surface area contributed by atoms with Crippen molar-refractivity contribution in [3.63, 3.8) is 0 Å². The number of aryl methyl sites for hydroxylation is 2. The van der Waals surface area contributed by atoms with Gasteiger partial charge < -0.3 is 4.90 Å². The molecule has 3 heteroatoms. The lowest BCUT2D eigenvalue weighted by molar-refractivity contribution is -0.138. The van der Waals surface area contributed by atoms with Crippen molar-refractivity contribution in [2.45, 2.75) is 60.8 Å². The Labute approximate surface area is 154 Å². The first-order valence-electron chi connectivity index (χ1n) is 9.11. The molecule has 0 radical (unpaired) electrons. The summed E-state index contributed by atoms with van der Waals surface area (Å²) < 4.78 is 0. The Kier molecular flexibility index (Phi) is 4.15. The van der Waals surface area contributed by atoms with Crippen LogP contribution in [0.2, 0.25) is 0 Å². The third-order valence-electron chi connectivity index (χ3n) is 6.09. The predicted molar refractivity (Wildman–Crippen MR) is 103 cm³/mol. The summed E-state index contributed by atoms with van der Waals surface area (Å²) in [6, 6.07) is 16.0. The zero-order valence-electron chi connectivity index (χ0n) is 15.2. The second kappa shape index (κ2) is 6.21. The van der Waals surface area contributed by atoms with Gasteiger partial charge in [-0.15, -0.1) is 0 Å². The van der Waals surface area contributed by atoms with Gasteiger partial charge in [0.2, 0.25) is 5.91 Å². The number of likely N-dealkylation sites (N-methyl/N-ethyl adjacent to an activating group) is 1. The van der Waals surface area contributed by atoms with Crippen LogP contribution in [0.5, 0.6) is 0 Å². The number of amides is 1. The number of hydrogen-bond donors (Lipinski definition) is 0. The summed E-state index contributed by atoms with van der Waals surface area (Å²) in [5.74, 6) is 0.303. The van der Waals surface area contributed by atoms with Crippen molar-refractivity contribution in [2.24, 2.45) is 0 Å². The number of carbonyl (C=O) groups is 1. The summed E-state index contributed by atoms with van der Waals surface area (Å²) in [5, 5.41) is 0. The Bertz CT molecular complexity index is 813. The zero-order valence-corrected chi connectivity index (χ0v) is 16.0. The molecule has 0 bridgehead atoms. The van der Waals surface area contributed by atoms with Crippen LogP contribution in [0.3, 0.4) is 0 Å². The van der Waals surface area contributed by atoms with E-state index in [1.165, 1.54) is 26.5 Å². The summed E-state index contributed by atoms with van der Waals surface area (Å²) in [4.78, 5) is 16.7. The van der Waals surface area contributed by atoms with Crippen LogP contribution in [0.25, 0.3) is 0 Å². The monoisotopic (exact) mass is 351 g/mol. The van der Waals surface area contributed by atoms with Gasteiger partial charge in [-0.3, -0.25) is 4.79 Å². The van der Waals surface area contributed by atoms with Crippen molar-refractivity contribution in [1.82, 2.24) is 4.90 Å². The molecule has 2 aromatic carbocycles. The smallest absolute Gasteiger partial charge is 0.222 e. The molecule has 1 amide bonds. The summed E-state index contributed by atoms with van der Waals surface area (Å²) in [6.45, 7) is 4.47. The first kappa shape index (κ1) is 16.7. The van der Waals surface area contributed by atoms with Gasteiger partial charge in [-0.2, -0.15) is 0 Å². The van der Waals surface area contributed by atoms with E-state index in [-0.39, 0.29) is 5.41 Å². The van der Waals surface area contributed by atoms with E-state index in [1.807, 2.05) is 23.7 Å². The molecule has 1 saturated heterocycles. The number of likely N-dealkylation sites (tertiary alicyclic amines) is 1. The Morgan fingerprint density at radius 1 is 1.08 bits per heavy atom. The van der Waals surface area contributed by atoms with Gasteiger partial charge in [0.05, 0.1) is 0 Å². The highest BCUT2D eigenvalue weighted by Gasteiger charge is 2.46. The van der Waals surface area contributed by atoms with Gasteiger partial charge in [0.25, 0.3) is 0 Å². The van der Waals surface area contributed by atoms with Gasteiger partial charge in [-0.1, -0.05) is 42.4 Å². The largest absolute Gasteiger partial charge is 0.342 e. The minimum absolute atomic E-state index is 0.100. The van der Waals surface area contributed by atoms with Gasteiger partial charge in [-0.05, 0) is 61.6 Å².